The van der Waals surface area contributed by atoms with Gasteiger partial charge in [-0.15, -0.1) is 0 Å². The highest BCUT2D eigenvalue weighted by atomic mass is 32.2. The number of fused-ring (bicyclic) bond motifs is 2. The fourth-order valence-electron chi connectivity index (χ4n) is 4.01. The van der Waals surface area contributed by atoms with Crippen LogP contribution in [0.15, 0.2) is 47.5 Å². The van der Waals surface area contributed by atoms with Crippen molar-refractivity contribution in [2.45, 2.75) is 11.8 Å². The molecule has 0 aliphatic carbocycles. The van der Waals surface area contributed by atoms with Crippen LogP contribution < -0.4 is 20.3 Å². The zero-order chi connectivity index (χ0) is 20.9. The van der Waals surface area contributed by atoms with Gasteiger partial charge in [0.05, 0.1) is 16.1 Å². The Labute approximate surface area is 174 Å². The van der Waals surface area contributed by atoms with Gasteiger partial charge in [0.2, 0.25) is 0 Å². The lowest BCUT2D eigenvalue weighted by molar-refractivity contribution is -0.118. The molecule has 3 heterocycles. The molecule has 1 saturated heterocycles. The minimum Gasteiger partial charge on any atom is -0.482 e. The van der Waals surface area contributed by atoms with Crippen LogP contribution in [-0.4, -0.2) is 51.1 Å². The summed E-state index contributed by atoms with van der Waals surface area (Å²) in [4.78, 5) is 14.0. The summed E-state index contributed by atoms with van der Waals surface area (Å²) in [6, 6.07) is 10.5. The number of amides is 1. The number of hydrogen-bond acceptors (Lipinski definition) is 6. The molecule has 0 radical (unpaired) electrons. The first kappa shape index (κ1) is 19.0. The molecule has 0 spiro atoms. The number of ether oxygens (including phenoxy) is 1. The molecule has 1 aromatic heterocycles. The quantitative estimate of drug-likeness (QED) is 0.665. The molecule has 30 heavy (non-hydrogen) atoms. The number of piperazine rings is 1. The van der Waals surface area contributed by atoms with Crippen molar-refractivity contribution in [2.24, 2.45) is 0 Å². The van der Waals surface area contributed by atoms with E-state index in [9.17, 15) is 13.2 Å². The van der Waals surface area contributed by atoms with Crippen molar-refractivity contribution in [3.63, 3.8) is 0 Å². The average Bonchev–Trinajstić information content (AvgIpc) is 3.10. The lowest BCUT2D eigenvalue weighted by Gasteiger charge is -2.29. The molecule has 5 rings (SSSR count). The molecule has 2 aliphatic rings. The highest BCUT2D eigenvalue weighted by Crippen LogP contribution is 2.33. The van der Waals surface area contributed by atoms with Crippen LogP contribution in [0.4, 0.5) is 11.4 Å². The lowest BCUT2D eigenvalue weighted by atomic mass is 10.1. The molecular formula is C21H22N4O4S. The number of hydrogen-bond donors (Lipinski definition) is 2. The Morgan fingerprint density at radius 1 is 1.07 bits per heavy atom. The number of nitrogens with one attached hydrogen (secondary N) is 2. The second-order valence-electron chi connectivity index (χ2n) is 7.55. The van der Waals surface area contributed by atoms with E-state index in [4.69, 9.17) is 4.74 Å². The van der Waals surface area contributed by atoms with E-state index in [1.165, 1.54) is 16.1 Å². The molecule has 1 fully saturated rings. The second kappa shape index (κ2) is 7.03. The van der Waals surface area contributed by atoms with Crippen molar-refractivity contribution in [1.29, 1.82) is 0 Å². The molecule has 0 saturated carbocycles. The van der Waals surface area contributed by atoms with E-state index in [2.05, 4.69) is 15.5 Å². The highest BCUT2D eigenvalue weighted by molar-refractivity contribution is 7.90. The maximum Gasteiger partial charge on any atom is 0.268 e. The normalized spacial score (nSPS) is 16.8. The molecule has 3 aromatic rings. The number of aryl methyl sites for hydroxylation is 1. The Kier molecular flexibility index (Phi) is 4.44. The van der Waals surface area contributed by atoms with Gasteiger partial charge in [0.15, 0.2) is 6.61 Å². The molecule has 156 valence electrons. The molecule has 8 nitrogen and oxygen atoms in total. The van der Waals surface area contributed by atoms with Gasteiger partial charge in [0.1, 0.15) is 5.75 Å². The first-order valence-corrected chi connectivity index (χ1v) is 11.3. The first-order valence-electron chi connectivity index (χ1n) is 9.83. The summed E-state index contributed by atoms with van der Waals surface area (Å²) in [6.07, 6.45) is 1.65. The average molecular weight is 426 g/mol. The van der Waals surface area contributed by atoms with Gasteiger partial charge in [0, 0.05) is 43.4 Å². The lowest BCUT2D eigenvalue weighted by Crippen LogP contribution is -2.43. The van der Waals surface area contributed by atoms with E-state index in [0.29, 0.717) is 17.0 Å². The predicted octanol–water partition coefficient (Wildman–Crippen LogP) is 1.93. The number of anilines is 2. The molecule has 2 N–H and O–H groups in total. The maximum atomic E-state index is 13.5. The van der Waals surface area contributed by atoms with Gasteiger partial charge in [0.25, 0.3) is 15.9 Å². The van der Waals surface area contributed by atoms with Gasteiger partial charge >= 0.3 is 0 Å². The van der Waals surface area contributed by atoms with E-state index < -0.39 is 10.0 Å². The molecule has 2 aliphatic heterocycles. The van der Waals surface area contributed by atoms with Crippen molar-refractivity contribution in [3.05, 3.63) is 48.2 Å². The summed E-state index contributed by atoms with van der Waals surface area (Å²) in [6.45, 7) is 5.39. The van der Waals surface area contributed by atoms with Crippen LogP contribution in [0.3, 0.4) is 0 Å². The fraction of sp³-hybridized carbons (Fsp3) is 0.286. The molecule has 0 bridgehead atoms. The number of carbonyl (C=O) groups excluding carboxylic acids is 1. The molecule has 1 amide bonds. The molecule has 0 atom stereocenters. The molecule has 9 heteroatoms. The van der Waals surface area contributed by atoms with Crippen LogP contribution in [-0.2, 0) is 14.8 Å². The van der Waals surface area contributed by atoms with Crippen molar-refractivity contribution in [1.82, 2.24) is 9.29 Å². The molecular weight excluding hydrogens is 404 g/mol. The Bertz CT molecular complexity index is 1260. The van der Waals surface area contributed by atoms with Gasteiger partial charge in [-0.1, -0.05) is 6.07 Å². The van der Waals surface area contributed by atoms with Gasteiger partial charge in [-0.25, -0.2) is 12.4 Å². The standard InChI is InChI=1S/C21H22N4O4S/c1-14-12-25(19-10-15(2-4-17(14)19)24-8-6-22-7-9-24)30(27,28)16-3-5-20-18(11-16)23-21(26)13-29-20/h2-5,10-12,22H,6-9,13H2,1H3,(H,23,26). The Morgan fingerprint density at radius 2 is 1.87 bits per heavy atom. The van der Waals surface area contributed by atoms with E-state index in [-0.39, 0.29) is 17.4 Å². The highest BCUT2D eigenvalue weighted by Gasteiger charge is 2.24. The number of benzene rings is 2. The third-order valence-corrected chi connectivity index (χ3v) is 7.25. The summed E-state index contributed by atoms with van der Waals surface area (Å²) in [7, 11) is -3.86. The van der Waals surface area contributed by atoms with Crippen LogP contribution in [0, 0.1) is 6.92 Å². The van der Waals surface area contributed by atoms with Crippen molar-refractivity contribution in [2.75, 3.05) is 43.0 Å². The predicted molar refractivity (Wildman–Crippen MR) is 115 cm³/mol. The summed E-state index contributed by atoms with van der Waals surface area (Å²) in [5.74, 6) is 0.156. The van der Waals surface area contributed by atoms with E-state index in [0.717, 1.165) is 42.8 Å². The van der Waals surface area contributed by atoms with Crippen LogP contribution in [0.1, 0.15) is 5.56 Å². The summed E-state index contributed by atoms with van der Waals surface area (Å²) >= 11 is 0. The summed E-state index contributed by atoms with van der Waals surface area (Å²) in [5, 5.41) is 6.89. The molecule has 2 aromatic carbocycles. The summed E-state index contributed by atoms with van der Waals surface area (Å²) < 4.78 is 33.7. The maximum absolute atomic E-state index is 13.5. The Balaban J connectivity index is 1.61. The number of carbonyl (C=O) groups is 1. The minimum absolute atomic E-state index is 0.0741. The zero-order valence-corrected chi connectivity index (χ0v) is 17.3. The van der Waals surface area contributed by atoms with Crippen molar-refractivity contribution in [3.8, 4) is 5.75 Å². The van der Waals surface area contributed by atoms with Crippen molar-refractivity contribution < 1.29 is 17.9 Å². The summed E-state index contributed by atoms with van der Waals surface area (Å²) in [5.41, 5.74) is 2.89. The third-order valence-electron chi connectivity index (χ3n) is 5.58. The number of nitrogens with zero attached hydrogens (tertiary/aromatic N) is 2. The van der Waals surface area contributed by atoms with Crippen LogP contribution in [0.25, 0.3) is 10.9 Å². The van der Waals surface area contributed by atoms with Crippen LogP contribution >= 0.6 is 0 Å². The SMILES string of the molecule is Cc1cn(S(=O)(=O)c2ccc3c(c2)NC(=O)CO3)c2cc(N3CCNCC3)ccc12. The Morgan fingerprint density at radius 3 is 2.67 bits per heavy atom. The third kappa shape index (κ3) is 3.10. The smallest absolute Gasteiger partial charge is 0.268 e. The number of aromatic nitrogens is 1. The Hall–Kier alpha value is -3.04. The van der Waals surface area contributed by atoms with Crippen molar-refractivity contribution >= 4 is 38.2 Å². The van der Waals surface area contributed by atoms with Gasteiger partial charge in [-0.05, 0) is 42.8 Å². The zero-order valence-electron chi connectivity index (χ0n) is 16.5. The van der Waals surface area contributed by atoms with Gasteiger partial charge in [-0.2, -0.15) is 0 Å². The largest absolute Gasteiger partial charge is 0.482 e. The molecule has 0 unspecified atom stereocenters. The van der Waals surface area contributed by atoms with E-state index in [1.54, 1.807) is 12.3 Å². The first-order chi connectivity index (χ1) is 14.4. The number of rotatable bonds is 3. The topological polar surface area (TPSA) is 92.7 Å². The second-order valence-corrected chi connectivity index (χ2v) is 9.36. The van der Waals surface area contributed by atoms with E-state index >= 15 is 0 Å². The minimum atomic E-state index is -3.86. The van der Waals surface area contributed by atoms with Crippen LogP contribution in [0.5, 0.6) is 5.75 Å². The van der Waals surface area contributed by atoms with Crippen LogP contribution in [0.2, 0.25) is 0 Å². The van der Waals surface area contributed by atoms with Gasteiger partial charge in [-0.3, -0.25) is 4.79 Å². The monoisotopic (exact) mass is 426 g/mol. The van der Waals surface area contributed by atoms with Gasteiger partial charge < -0.3 is 20.3 Å². The fourth-order valence-corrected chi connectivity index (χ4v) is 5.45. The van der Waals surface area contributed by atoms with E-state index in [1.807, 2.05) is 25.1 Å².